The van der Waals surface area contributed by atoms with Crippen LogP contribution in [0.2, 0.25) is 0 Å². The van der Waals surface area contributed by atoms with Crippen molar-refractivity contribution in [2.24, 2.45) is 5.92 Å². The summed E-state index contributed by atoms with van der Waals surface area (Å²) in [6.45, 7) is 2.99. The first-order chi connectivity index (χ1) is 9.93. The van der Waals surface area contributed by atoms with Crippen LogP contribution in [0.15, 0.2) is 6.33 Å². The standard InChI is InChI=1S/C13H19F3N4O/c1-2-7-21-12-10(17)11(18-8-19-12)20-5-3-9(4-6-20)13(14,15)16/h8-9H,2-7,17H2,1H3. The maximum Gasteiger partial charge on any atom is 0.391 e. The van der Waals surface area contributed by atoms with Crippen LogP contribution in [0.3, 0.4) is 0 Å². The van der Waals surface area contributed by atoms with Crippen LogP contribution in [-0.4, -0.2) is 35.8 Å². The van der Waals surface area contributed by atoms with Crippen molar-refractivity contribution in [3.05, 3.63) is 6.33 Å². The van der Waals surface area contributed by atoms with Crippen LogP contribution in [0.5, 0.6) is 5.88 Å². The van der Waals surface area contributed by atoms with Crippen LogP contribution in [-0.2, 0) is 0 Å². The molecule has 0 radical (unpaired) electrons. The summed E-state index contributed by atoms with van der Waals surface area (Å²) in [7, 11) is 0. The zero-order chi connectivity index (χ0) is 15.5. The van der Waals surface area contributed by atoms with Gasteiger partial charge in [0.05, 0.1) is 12.5 Å². The zero-order valence-electron chi connectivity index (χ0n) is 11.9. The van der Waals surface area contributed by atoms with E-state index in [9.17, 15) is 13.2 Å². The van der Waals surface area contributed by atoms with Crippen molar-refractivity contribution in [2.75, 3.05) is 30.3 Å². The number of hydrogen-bond acceptors (Lipinski definition) is 5. The van der Waals surface area contributed by atoms with Crippen LogP contribution < -0.4 is 15.4 Å². The number of alkyl halides is 3. The number of nitrogens with zero attached hydrogens (tertiary/aromatic N) is 3. The summed E-state index contributed by atoms with van der Waals surface area (Å²) in [4.78, 5) is 9.81. The second-order valence-corrected chi connectivity index (χ2v) is 5.07. The van der Waals surface area contributed by atoms with E-state index < -0.39 is 12.1 Å². The molecule has 0 spiro atoms. The molecule has 8 heteroatoms. The largest absolute Gasteiger partial charge is 0.476 e. The number of anilines is 2. The van der Waals surface area contributed by atoms with Crippen molar-refractivity contribution in [1.29, 1.82) is 0 Å². The Morgan fingerprint density at radius 2 is 2.00 bits per heavy atom. The highest BCUT2D eigenvalue weighted by Crippen LogP contribution is 2.37. The molecule has 0 aromatic carbocycles. The summed E-state index contributed by atoms with van der Waals surface area (Å²) in [5.74, 6) is -0.496. The van der Waals surface area contributed by atoms with Crippen LogP contribution in [0, 0.1) is 5.92 Å². The molecular formula is C13H19F3N4O. The fourth-order valence-electron chi connectivity index (χ4n) is 2.36. The molecule has 1 aromatic heterocycles. The van der Waals surface area contributed by atoms with E-state index in [4.69, 9.17) is 10.5 Å². The molecule has 2 heterocycles. The number of hydrogen-bond donors (Lipinski definition) is 1. The molecule has 1 aromatic rings. The first-order valence-electron chi connectivity index (χ1n) is 6.98. The molecule has 0 aliphatic carbocycles. The molecule has 5 nitrogen and oxygen atoms in total. The second kappa shape index (κ2) is 6.36. The van der Waals surface area contributed by atoms with Crippen molar-refractivity contribution >= 4 is 11.5 Å². The molecule has 118 valence electrons. The lowest BCUT2D eigenvalue weighted by Gasteiger charge is -2.34. The highest BCUT2D eigenvalue weighted by atomic mass is 19.4. The maximum absolute atomic E-state index is 12.7. The van der Waals surface area contributed by atoms with E-state index in [0.29, 0.717) is 18.3 Å². The van der Waals surface area contributed by atoms with Gasteiger partial charge < -0.3 is 15.4 Å². The SMILES string of the molecule is CCCOc1ncnc(N2CCC(C(F)(F)F)CC2)c1N. The molecule has 1 aliphatic rings. The average molecular weight is 304 g/mol. The van der Waals surface area contributed by atoms with Crippen molar-refractivity contribution in [3.8, 4) is 5.88 Å². The van der Waals surface area contributed by atoms with Crippen LogP contribution in [0.25, 0.3) is 0 Å². The molecule has 1 fully saturated rings. The third-order valence-corrected chi connectivity index (χ3v) is 3.53. The van der Waals surface area contributed by atoms with Crippen molar-refractivity contribution in [2.45, 2.75) is 32.4 Å². The number of aromatic nitrogens is 2. The predicted octanol–water partition coefficient (Wildman–Crippen LogP) is 2.63. The Bertz CT molecular complexity index is 473. The summed E-state index contributed by atoms with van der Waals surface area (Å²) in [5.41, 5.74) is 6.25. The van der Waals surface area contributed by atoms with Gasteiger partial charge in [0.15, 0.2) is 5.82 Å². The minimum Gasteiger partial charge on any atom is -0.476 e. The van der Waals surface area contributed by atoms with E-state index in [1.807, 2.05) is 6.92 Å². The Morgan fingerprint density at radius 3 is 2.57 bits per heavy atom. The first-order valence-corrected chi connectivity index (χ1v) is 6.98. The number of ether oxygens (including phenoxy) is 1. The molecule has 1 aliphatic heterocycles. The van der Waals surface area contributed by atoms with E-state index in [-0.39, 0.29) is 31.6 Å². The van der Waals surface area contributed by atoms with E-state index in [0.717, 1.165) is 6.42 Å². The Balaban J connectivity index is 2.06. The van der Waals surface area contributed by atoms with Gasteiger partial charge in [0.2, 0.25) is 5.88 Å². The Kier molecular flexibility index (Phi) is 4.74. The number of nitrogen functional groups attached to an aromatic ring is 1. The van der Waals surface area contributed by atoms with Crippen molar-refractivity contribution < 1.29 is 17.9 Å². The highest BCUT2D eigenvalue weighted by Gasteiger charge is 2.41. The quantitative estimate of drug-likeness (QED) is 0.926. The monoisotopic (exact) mass is 304 g/mol. The molecule has 0 atom stereocenters. The average Bonchev–Trinajstić information content (AvgIpc) is 2.45. The number of nitrogens with two attached hydrogens (primary N) is 1. The summed E-state index contributed by atoms with van der Waals surface area (Å²) in [6, 6.07) is 0. The van der Waals surface area contributed by atoms with Crippen LogP contribution >= 0.6 is 0 Å². The fourth-order valence-corrected chi connectivity index (χ4v) is 2.36. The molecule has 2 N–H and O–H groups in total. The smallest absolute Gasteiger partial charge is 0.391 e. The van der Waals surface area contributed by atoms with Gasteiger partial charge in [-0.25, -0.2) is 4.98 Å². The minimum atomic E-state index is -4.13. The van der Waals surface area contributed by atoms with Gasteiger partial charge in [0.25, 0.3) is 0 Å². The van der Waals surface area contributed by atoms with Gasteiger partial charge >= 0.3 is 6.18 Å². The normalized spacial score (nSPS) is 17.0. The number of halogens is 3. The van der Waals surface area contributed by atoms with Gasteiger partial charge in [-0.2, -0.15) is 18.2 Å². The summed E-state index contributed by atoms with van der Waals surface area (Å²) in [6.07, 6.45) is -1.88. The Labute approximate surface area is 121 Å². The van der Waals surface area contributed by atoms with Gasteiger partial charge in [-0.3, -0.25) is 0 Å². The lowest BCUT2D eigenvalue weighted by atomic mass is 9.96. The highest BCUT2D eigenvalue weighted by molar-refractivity contribution is 5.67. The topological polar surface area (TPSA) is 64.3 Å². The molecule has 1 saturated heterocycles. The molecule has 0 amide bonds. The van der Waals surface area contributed by atoms with Gasteiger partial charge in [-0.1, -0.05) is 6.92 Å². The summed E-state index contributed by atoms with van der Waals surface area (Å²) >= 11 is 0. The number of piperidine rings is 1. The Hall–Kier alpha value is -1.73. The van der Waals surface area contributed by atoms with E-state index in [1.165, 1.54) is 6.33 Å². The summed E-state index contributed by atoms with van der Waals surface area (Å²) < 4.78 is 43.4. The lowest BCUT2D eigenvalue weighted by molar-refractivity contribution is -0.179. The van der Waals surface area contributed by atoms with Gasteiger partial charge in [0.1, 0.15) is 12.0 Å². The molecule has 21 heavy (non-hydrogen) atoms. The van der Waals surface area contributed by atoms with E-state index in [2.05, 4.69) is 9.97 Å². The van der Waals surface area contributed by atoms with Crippen LogP contribution in [0.4, 0.5) is 24.7 Å². The molecular weight excluding hydrogens is 285 g/mol. The predicted molar refractivity (Wildman–Crippen MR) is 73.2 cm³/mol. The van der Waals surface area contributed by atoms with Gasteiger partial charge in [-0.05, 0) is 19.3 Å². The molecule has 0 bridgehead atoms. The zero-order valence-corrected chi connectivity index (χ0v) is 11.9. The molecule has 0 unspecified atom stereocenters. The molecule has 2 rings (SSSR count). The third-order valence-electron chi connectivity index (χ3n) is 3.53. The van der Waals surface area contributed by atoms with Crippen molar-refractivity contribution in [1.82, 2.24) is 9.97 Å². The van der Waals surface area contributed by atoms with Gasteiger partial charge in [0, 0.05) is 13.1 Å². The summed E-state index contributed by atoms with van der Waals surface area (Å²) in [5, 5.41) is 0. The molecule has 0 saturated carbocycles. The Morgan fingerprint density at radius 1 is 1.33 bits per heavy atom. The van der Waals surface area contributed by atoms with Crippen LogP contribution in [0.1, 0.15) is 26.2 Å². The van der Waals surface area contributed by atoms with E-state index >= 15 is 0 Å². The van der Waals surface area contributed by atoms with E-state index in [1.54, 1.807) is 4.90 Å². The first kappa shape index (κ1) is 15.7. The maximum atomic E-state index is 12.7. The fraction of sp³-hybridized carbons (Fsp3) is 0.692. The third kappa shape index (κ3) is 3.68. The second-order valence-electron chi connectivity index (χ2n) is 5.07. The van der Waals surface area contributed by atoms with Crippen molar-refractivity contribution in [3.63, 3.8) is 0 Å². The minimum absolute atomic E-state index is 0.0537. The number of rotatable bonds is 4. The lowest BCUT2D eigenvalue weighted by Crippen LogP contribution is -2.39. The van der Waals surface area contributed by atoms with Gasteiger partial charge in [-0.15, -0.1) is 0 Å².